The number of aliphatic hydroxyl groups excluding tert-OH is 1. The normalized spacial score (nSPS) is 21.1. The van der Waals surface area contributed by atoms with E-state index in [4.69, 9.17) is 9.47 Å². The van der Waals surface area contributed by atoms with Gasteiger partial charge in [0.1, 0.15) is 5.75 Å². The molecule has 1 fully saturated rings. The van der Waals surface area contributed by atoms with Crippen LogP contribution in [0.1, 0.15) is 31.4 Å². The van der Waals surface area contributed by atoms with Crippen molar-refractivity contribution in [3.05, 3.63) is 29.8 Å². The summed E-state index contributed by atoms with van der Waals surface area (Å²) in [4.78, 5) is 11.3. The Balaban J connectivity index is 2.17. The summed E-state index contributed by atoms with van der Waals surface area (Å²) in [5.74, 6) is 0.233. The van der Waals surface area contributed by atoms with Gasteiger partial charge in [0.25, 0.3) is 0 Å². The van der Waals surface area contributed by atoms with Crippen molar-refractivity contribution >= 4 is 5.97 Å². The maximum Gasteiger partial charge on any atom is 0.347 e. The molecule has 0 amide bonds. The van der Waals surface area contributed by atoms with Gasteiger partial charge in [0.15, 0.2) is 6.10 Å². The Hall–Kier alpha value is -1.55. The fourth-order valence-electron chi connectivity index (χ4n) is 1.82. The van der Waals surface area contributed by atoms with E-state index in [9.17, 15) is 9.90 Å². The molecular weight excluding hydrogens is 220 g/mol. The number of carbonyl (C=O) groups excluding carboxylic acids is 1. The highest BCUT2D eigenvalue weighted by Gasteiger charge is 2.29. The largest absolute Gasteiger partial charge is 0.478 e. The summed E-state index contributed by atoms with van der Waals surface area (Å²) in [5, 5.41) is 9.85. The Morgan fingerprint density at radius 1 is 1.53 bits per heavy atom. The van der Waals surface area contributed by atoms with E-state index in [2.05, 4.69) is 0 Å². The van der Waals surface area contributed by atoms with Crippen LogP contribution < -0.4 is 4.74 Å². The third-order valence-electron chi connectivity index (χ3n) is 2.82. The van der Waals surface area contributed by atoms with E-state index >= 15 is 0 Å². The van der Waals surface area contributed by atoms with Gasteiger partial charge in [-0.05, 0) is 12.5 Å². The van der Waals surface area contributed by atoms with Gasteiger partial charge in [-0.1, -0.05) is 25.1 Å². The van der Waals surface area contributed by atoms with Gasteiger partial charge in [-0.25, -0.2) is 4.79 Å². The first-order chi connectivity index (χ1) is 8.22. The van der Waals surface area contributed by atoms with Crippen molar-refractivity contribution in [2.45, 2.75) is 32.0 Å². The molecule has 92 valence electrons. The lowest BCUT2D eigenvalue weighted by Crippen LogP contribution is -2.22. The topological polar surface area (TPSA) is 55.8 Å². The zero-order valence-corrected chi connectivity index (χ0v) is 9.76. The molecule has 1 N–H and O–H groups in total. The number of rotatable bonds is 4. The van der Waals surface area contributed by atoms with Gasteiger partial charge in [-0.15, -0.1) is 0 Å². The fourth-order valence-corrected chi connectivity index (χ4v) is 1.82. The van der Waals surface area contributed by atoms with Gasteiger partial charge in [-0.2, -0.15) is 0 Å². The van der Waals surface area contributed by atoms with Crippen LogP contribution >= 0.6 is 0 Å². The van der Waals surface area contributed by atoms with E-state index in [1.807, 2.05) is 25.1 Å². The van der Waals surface area contributed by atoms with Gasteiger partial charge in [-0.3, -0.25) is 0 Å². The van der Waals surface area contributed by atoms with E-state index in [-0.39, 0.29) is 5.97 Å². The maximum atomic E-state index is 11.3. The second-order valence-electron chi connectivity index (χ2n) is 4.02. The van der Waals surface area contributed by atoms with Crippen molar-refractivity contribution in [3.63, 3.8) is 0 Å². The van der Waals surface area contributed by atoms with Crippen LogP contribution in [-0.4, -0.2) is 23.8 Å². The Kier molecular flexibility index (Phi) is 3.64. The monoisotopic (exact) mass is 236 g/mol. The fraction of sp³-hybridized carbons (Fsp3) is 0.462. The van der Waals surface area contributed by atoms with Crippen LogP contribution in [0.4, 0.5) is 0 Å². The van der Waals surface area contributed by atoms with E-state index in [0.717, 1.165) is 5.56 Å². The quantitative estimate of drug-likeness (QED) is 0.810. The summed E-state index contributed by atoms with van der Waals surface area (Å²) in [7, 11) is 0. The van der Waals surface area contributed by atoms with Gasteiger partial charge in [0.05, 0.1) is 12.7 Å². The first-order valence-electron chi connectivity index (χ1n) is 5.82. The molecule has 0 saturated carbocycles. The highest BCUT2D eigenvalue weighted by molar-refractivity contribution is 5.76. The van der Waals surface area contributed by atoms with Crippen LogP contribution in [0.15, 0.2) is 24.3 Å². The highest BCUT2D eigenvalue weighted by atomic mass is 16.6. The molecule has 1 aromatic carbocycles. The Labute approximate surface area is 100 Å². The number of hydrogen-bond donors (Lipinski definition) is 1. The predicted octanol–water partition coefficient (Wildman–Crippen LogP) is 1.82. The number of para-hydroxylation sites is 1. The highest BCUT2D eigenvalue weighted by Crippen LogP contribution is 2.28. The molecular formula is C13H16O4. The SMILES string of the molecule is CC[C@@H](O)c1ccccc1OC1CCOC1=O. The first-order valence-corrected chi connectivity index (χ1v) is 5.82. The zero-order valence-electron chi connectivity index (χ0n) is 9.76. The lowest BCUT2D eigenvalue weighted by Gasteiger charge is -2.16. The molecule has 0 bridgehead atoms. The molecule has 0 radical (unpaired) electrons. The third kappa shape index (κ3) is 2.58. The van der Waals surface area contributed by atoms with Crippen molar-refractivity contribution in [1.29, 1.82) is 0 Å². The standard InChI is InChI=1S/C13H16O4/c1-2-10(14)9-5-3-4-6-11(9)17-12-7-8-16-13(12)15/h3-6,10,12,14H,2,7-8H2,1H3/t10-,12?/m1/s1. The number of ether oxygens (including phenoxy) is 2. The summed E-state index contributed by atoms with van der Waals surface area (Å²) in [6.07, 6.45) is 0.0639. The van der Waals surface area contributed by atoms with Crippen LogP contribution in [0.25, 0.3) is 0 Å². The summed E-state index contributed by atoms with van der Waals surface area (Å²) in [5.41, 5.74) is 0.717. The minimum absolute atomic E-state index is 0.328. The van der Waals surface area contributed by atoms with Crippen LogP contribution in [0.2, 0.25) is 0 Å². The number of esters is 1. The minimum atomic E-state index is -0.566. The molecule has 2 atom stereocenters. The Morgan fingerprint density at radius 3 is 2.94 bits per heavy atom. The number of hydrogen-bond acceptors (Lipinski definition) is 4. The summed E-state index contributed by atoms with van der Waals surface area (Å²) in [6, 6.07) is 7.24. The lowest BCUT2D eigenvalue weighted by molar-refractivity contribution is -0.143. The van der Waals surface area contributed by atoms with E-state index in [0.29, 0.717) is 25.2 Å². The molecule has 1 aromatic rings. The van der Waals surface area contributed by atoms with Crippen LogP contribution in [0, 0.1) is 0 Å². The second-order valence-corrected chi connectivity index (χ2v) is 4.02. The molecule has 2 rings (SSSR count). The minimum Gasteiger partial charge on any atom is -0.478 e. The zero-order chi connectivity index (χ0) is 12.3. The molecule has 4 heteroatoms. The molecule has 1 aliphatic rings. The second kappa shape index (κ2) is 5.19. The molecule has 1 heterocycles. The summed E-state index contributed by atoms with van der Waals surface area (Å²) >= 11 is 0. The molecule has 1 unspecified atom stereocenters. The van der Waals surface area contributed by atoms with Crippen molar-refractivity contribution < 1.29 is 19.4 Å². The van der Waals surface area contributed by atoms with E-state index in [1.165, 1.54) is 0 Å². The van der Waals surface area contributed by atoms with Gasteiger partial charge in [0.2, 0.25) is 0 Å². The molecule has 0 aliphatic carbocycles. The van der Waals surface area contributed by atoms with Crippen molar-refractivity contribution in [2.24, 2.45) is 0 Å². The molecule has 1 aliphatic heterocycles. The van der Waals surface area contributed by atoms with Crippen molar-refractivity contribution in [1.82, 2.24) is 0 Å². The summed E-state index contributed by atoms with van der Waals surface area (Å²) < 4.78 is 10.4. The number of carbonyl (C=O) groups is 1. The summed E-state index contributed by atoms with van der Waals surface area (Å²) in [6.45, 7) is 2.30. The van der Waals surface area contributed by atoms with Crippen LogP contribution in [0.3, 0.4) is 0 Å². The first kappa shape index (κ1) is 11.9. The maximum absolute atomic E-state index is 11.3. The van der Waals surface area contributed by atoms with Crippen LogP contribution in [-0.2, 0) is 9.53 Å². The lowest BCUT2D eigenvalue weighted by atomic mass is 10.1. The van der Waals surface area contributed by atoms with Crippen molar-refractivity contribution in [2.75, 3.05) is 6.61 Å². The third-order valence-corrected chi connectivity index (χ3v) is 2.82. The molecule has 4 nitrogen and oxygen atoms in total. The molecule has 17 heavy (non-hydrogen) atoms. The van der Waals surface area contributed by atoms with Gasteiger partial charge < -0.3 is 14.6 Å². The average molecular weight is 236 g/mol. The molecule has 0 aromatic heterocycles. The van der Waals surface area contributed by atoms with Gasteiger partial charge >= 0.3 is 5.97 Å². The van der Waals surface area contributed by atoms with E-state index in [1.54, 1.807) is 6.07 Å². The number of aliphatic hydroxyl groups is 1. The van der Waals surface area contributed by atoms with Crippen molar-refractivity contribution in [3.8, 4) is 5.75 Å². The van der Waals surface area contributed by atoms with Gasteiger partial charge in [0, 0.05) is 12.0 Å². The van der Waals surface area contributed by atoms with E-state index < -0.39 is 12.2 Å². The Morgan fingerprint density at radius 2 is 2.29 bits per heavy atom. The van der Waals surface area contributed by atoms with Crippen LogP contribution in [0.5, 0.6) is 5.75 Å². The number of cyclic esters (lactones) is 1. The Bertz CT molecular complexity index is 402. The molecule has 0 spiro atoms. The average Bonchev–Trinajstić information content (AvgIpc) is 2.75. The number of benzene rings is 1. The smallest absolute Gasteiger partial charge is 0.347 e. The molecule has 1 saturated heterocycles. The predicted molar refractivity (Wildman–Crippen MR) is 61.7 cm³/mol.